The zero-order valence-electron chi connectivity index (χ0n) is 13.7. The van der Waals surface area contributed by atoms with Crippen LogP contribution in [0.2, 0.25) is 0 Å². The molecule has 0 aromatic heterocycles. The fourth-order valence-electron chi connectivity index (χ4n) is 2.39. The van der Waals surface area contributed by atoms with Crippen molar-refractivity contribution in [3.05, 3.63) is 11.6 Å². The first-order valence-electron chi connectivity index (χ1n) is 8.43. The molecular formula is C18H37F. The van der Waals surface area contributed by atoms with Gasteiger partial charge in [-0.1, -0.05) is 89.2 Å². The molecule has 0 aliphatic rings. The van der Waals surface area contributed by atoms with Gasteiger partial charge in [-0.3, -0.25) is 4.70 Å². The summed E-state index contributed by atoms with van der Waals surface area (Å²) in [6.45, 7) is 6.69. The standard InChI is InChI=1S/C18H36.FH/c1-4-6-7-8-9-10-11-12-13-14-15-16-17-18(3)5-2;/h5H,4,6-17H2,1-3H3;1H. The first-order valence-corrected chi connectivity index (χ1v) is 8.43. The van der Waals surface area contributed by atoms with Crippen LogP contribution in [-0.2, 0) is 0 Å². The summed E-state index contributed by atoms with van der Waals surface area (Å²) in [5.74, 6) is 0. The van der Waals surface area contributed by atoms with Gasteiger partial charge in [-0.25, -0.2) is 0 Å². The molecule has 0 unspecified atom stereocenters. The lowest BCUT2D eigenvalue weighted by molar-refractivity contribution is 0.544. The molecular weight excluding hydrogens is 235 g/mol. The van der Waals surface area contributed by atoms with Crippen LogP contribution in [-0.4, -0.2) is 0 Å². The predicted octanol–water partition coefficient (Wildman–Crippen LogP) is 7.20. The molecule has 0 nitrogen and oxygen atoms in total. The Hall–Kier alpha value is -0.330. The van der Waals surface area contributed by atoms with Gasteiger partial charge in [0.1, 0.15) is 0 Å². The molecule has 19 heavy (non-hydrogen) atoms. The topological polar surface area (TPSA) is 0 Å². The molecule has 0 amide bonds. The van der Waals surface area contributed by atoms with E-state index in [0.29, 0.717) is 0 Å². The summed E-state index contributed by atoms with van der Waals surface area (Å²) in [5, 5.41) is 0. The summed E-state index contributed by atoms with van der Waals surface area (Å²) in [7, 11) is 0. The zero-order valence-corrected chi connectivity index (χ0v) is 13.7. The van der Waals surface area contributed by atoms with Crippen molar-refractivity contribution in [2.75, 3.05) is 0 Å². The van der Waals surface area contributed by atoms with Crippen molar-refractivity contribution in [3.63, 3.8) is 0 Å². The van der Waals surface area contributed by atoms with Crippen molar-refractivity contribution in [1.82, 2.24) is 0 Å². The third-order valence-electron chi connectivity index (χ3n) is 3.92. The molecule has 0 heterocycles. The Morgan fingerprint density at radius 1 is 0.684 bits per heavy atom. The van der Waals surface area contributed by atoms with Gasteiger partial charge in [0.05, 0.1) is 0 Å². The van der Waals surface area contributed by atoms with Crippen molar-refractivity contribution >= 4 is 0 Å². The molecule has 0 saturated carbocycles. The summed E-state index contributed by atoms with van der Waals surface area (Å²) >= 11 is 0. The average Bonchev–Trinajstić information content (AvgIpc) is 2.39. The molecule has 0 atom stereocenters. The van der Waals surface area contributed by atoms with Crippen LogP contribution in [0.5, 0.6) is 0 Å². The lowest BCUT2D eigenvalue weighted by atomic mass is 10.0. The van der Waals surface area contributed by atoms with E-state index < -0.39 is 0 Å². The smallest absolute Gasteiger partial charge is 0.0323 e. The van der Waals surface area contributed by atoms with Crippen LogP contribution in [0.1, 0.15) is 104 Å². The minimum absolute atomic E-state index is 0. The van der Waals surface area contributed by atoms with E-state index in [4.69, 9.17) is 0 Å². The van der Waals surface area contributed by atoms with Gasteiger partial charge in [0.25, 0.3) is 0 Å². The van der Waals surface area contributed by atoms with E-state index in [1.54, 1.807) is 5.57 Å². The lowest BCUT2D eigenvalue weighted by Gasteiger charge is -2.03. The van der Waals surface area contributed by atoms with E-state index in [-0.39, 0.29) is 4.70 Å². The van der Waals surface area contributed by atoms with Gasteiger partial charge in [0.2, 0.25) is 0 Å². The van der Waals surface area contributed by atoms with E-state index in [1.807, 2.05) is 0 Å². The van der Waals surface area contributed by atoms with Crippen molar-refractivity contribution < 1.29 is 4.70 Å². The molecule has 0 bridgehead atoms. The highest BCUT2D eigenvalue weighted by Crippen LogP contribution is 2.13. The highest BCUT2D eigenvalue weighted by atomic mass is 19.0. The van der Waals surface area contributed by atoms with E-state index in [2.05, 4.69) is 26.8 Å². The number of unbranched alkanes of at least 4 members (excludes halogenated alkanes) is 11. The van der Waals surface area contributed by atoms with E-state index in [0.717, 1.165) is 0 Å². The van der Waals surface area contributed by atoms with Gasteiger partial charge in [-0.15, -0.1) is 0 Å². The lowest BCUT2D eigenvalue weighted by Crippen LogP contribution is -1.83. The minimum atomic E-state index is 0. The van der Waals surface area contributed by atoms with Crippen molar-refractivity contribution in [2.24, 2.45) is 0 Å². The molecule has 0 N–H and O–H groups in total. The molecule has 0 rings (SSSR count). The quantitative estimate of drug-likeness (QED) is 0.246. The van der Waals surface area contributed by atoms with Crippen LogP contribution >= 0.6 is 0 Å². The third kappa shape index (κ3) is 17.7. The van der Waals surface area contributed by atoms with Crippen molar-refractivity contribution in [2.45, 2.75) is 104 Å². The summed E-state index contributed by atoms with van der Waals surface area (Å²) < 4.78 is 0. The van der Waals surface area contributed by atoms with Crippen LogP contribution in [0.3, 0.4) is 0 Å². The van der Waals surface area contributed by atoms with Crippen LogP contribution < -0.4 is 0 Å². The maximum atomic E-state index is 2.29. The van der Waals surface area contributed by atoms with Gasteiger partial charge in [0.15, 0.2) is 0 Å². The predicted molar refractivity (Wildman–Crippen MR) is 87.6 cm³/mol. The summed E-state index contributed by atoms with van der Waals surface area (Å²) in [5.41, 5.74) is 1.56. The van der Waals surface area contributed by atoms with Crippen LogP contribution in [0.25, 0.3) is 0 Å². The maximum absolute atomic E-state index is 2.29. The molecule has 116 valence electrons. The molecule has 0 fully saturated rings. The fourth-order valence-corrected chi connectivity index (χ4v) is 2.39. The van der Waals surface area contributed by atoms with Gasteiger partial charge in [0, 0.05) is 0 Å². The van der Waals surface area contributed by atoms with Crippen molar-refractivity contribution in [3.8, 4) is 0 Å². The minimum Gasteiger partial charge on any atom is -0.269 e. The molecule has 1 heteroatoms. The Bertz CT molecular complexity index is 184. The highest BCUT2D eigenvalue weighted by molar-refractivity contribution is 4.94. The second kappa shape index (κ2) is 17.7. The number of rotatable bonds is 13. The number of halogens is 1. The Labute approximate surface area is 121 Å². The Morgan fingerprint density at radius 3 is 1.42 bits per heavy atom. The molecule has 0 aromatic carbocycles. The first-order chi connectivity index (χ1) is 8.81. The molecule has 0 aromatic rings. The highest BCUT2D eigenvalue weighted by Gasteiger charge is 1.94. The Morgan fingerprint density at radius 2 is 1.05 bits per heavy atom. The number of hydrogen-bond donors (Lipinski definition) is 0. The largest absolute Gasteiger partial charge is 0.269 e. The Kier molecular flexibility index (Phi) is 19.5. The second-order valence-electron chi connectivity index (χ2n) is 5.77. The molecule has 0 aliphatic heterocycles. The third-order valence-corrected chi connectivity index (χ3v) is 3.92. The SMILES string of the molecule is CC=C(C)CCCCCCCCCCCCCC.F. The normalized spacial score (nSPS) is 11.4. The summed E-state index contributed by atoms with van der Waals surface area (Å²) in [4.78, 5) is 0. The zero-order chi connectivity index (χ0) is 13.5. The van der Waals surface area contributed by atoms with Gasteiger partial charge < -0.3 is 0 Å². The molecule has 0 spiro atoms. The van der Waals surface area contributed by atoms with E-state index in [1.165, 1.54) is 83.5 Å². The second-order valence-corrected chi connectivity index (χ2v) is 5.77. The van der Waals surface area contributed by atoms with Crippen LogP contribution in [0.4, 0.5) is 4.70 Å². The monoisotopic (exact) mass is 272 g/mol. The van der Waals surface area contributed by atoms with Gasteiger partial charge >= 0.3 is 0 Å². The summed E-state index contributed by atoms with van der Waals surface area (Å²) in [6, 6.07) is 0. The maximum Gasteiger partial charge on any atom is -0.0323 e. The Balaban J connectivity index is 0. The molecule has 0 radical (unpaired) electrons. The number of allylic oxidation sites excluding steroid dienone is 2. The van der Waals surface area contributed by atoms with E-state index >= 15 is 0 Å². The van der Waals surface area contributed by atoms with Gasteiger partial charge in [-0.05, 0) is 26.7 Å². The average molecular weight is 272 g/mol. The number of hydrogen-bond acceptors (Lipinski definition) is 0. The first kappa shape index (κ1) is 21.0. The van der Waals surface area contributed by atoms with Crippen molar-refractivity contribution in [1.29, 1.82) is 0 Å². The molecule has 0 aliphatic carbocycles. The van der Waals surface area contributed by atoms with Crippen LogP contribution in [0, 0.1) is 0 Å². The fraction of sp³-hybridized carbons (Fsp3) is 0.889. The van der Waals surface area contributed by atoms with Crippen LogP contribution in [0.15, 0.2) is 11.6 Å². The summed E-state index contributed by atoms with van der Waals surface area (Å²) in [6.07, 6.45) is 20.9. The molecule has 0 saturated heterocycles. The van der Waals surface area contributed by atoms with Gasteiger partial charge in [-0.2, -0.15) is 0 Å². The van der Waals surface area contributed by atoms with E-state index in [9.17, 15) is 0 Å².